The van der Waals surface area contributed by atoms with Crippen molar-refractivity contribution in [2.24, 2.45) is 17.8 Å². The van der Waals surface area contributed by atoms with E-state index in [2.05, 4.69) is 5.32 Å². The van der Waals surface area contributed by atoms with Gasteiger partial charge in [-0.15, -0.1) is 0 Å². The molecule has 0 spiro atoms. The molecule has 3 atom stereocenters. The third-order valence-electron chi connectivity index (χ3n) is 3.59. The molecule has 0 aromatic rings. The number of carbonyl (C=O) groups is 1. The summed E-state index contributed by atoms with van der Waals surface area (Å²) < 4.78 is 0. The van der Waals surface area contributed by atoms with Crippen LogP contribution in [0.25, 0.3) is 0 Å². The van der Waals surface area contributed by atoms with Crippen molar-refractivity contribution in [2.45, 2.75) is 45.6 Å². The lowest BCUT2D eigenvalue weighted by atomic mass is 9.95. The lowest BCUT2D eigenvalue weighted by Gasteiger charge is -2.23. The Labute approximate surface area is 80.1 Å². The molecule has 1 amide bonds. The van der Waals surface area contributed by atoms with Crippen molar-refractivity contribution >= 4 is 5.91 Å². The van der Waals surface area contributed by atoms with E-state index in [9.17, 15) is 4.79 Å². The summed E-state index contributed by atoms with van der Waals surface area (Å²) in [6.45, 7) is 3.92. The van der Waals surface area contributed by atoms with Crippen molar-refractivity contribution in [3.05, 3.63) is 0 Å². The molecule has 2 heteroatoms. The summed E-state index contributed by atoms with van der Waals surface area (Å²) in [6.07, 6.45) is 5.35. The predicted molar refractivity (Wildman–Crippen MR) is 52.2 cm³/mol. The van der Waals surface area contributed by atoms with E-state index >= 15 is 0 Å². The van der Waals surface area contributed by atoms with Gasteiger partial charge in [0.25, 0.3) is 0 Å². The first-order valence-electron chi connectivity index (χ1n) is 5.47. The summed E-state index contributed by atoms with van der Waals surface area (Å²) in [5, 5.41) is 3.17. The van der Waals surface area contributed by atoms with E-state index in [1.807, 2.05) is 13.8 Å². The molecule has 2 fully saturated rings. The van der Waals surface area contributed by atoms with Crippen LogP contribution in [-0.4, -0.2) is 11.9 Å². The second-order valence-corrected chi connectivity index (χ2v) is 4.94. The number of hydrogen-bond donors (Lipinski definition) is 1. The van der Waals surface area contributed by atoms with Crippen LogP contribution in [0, 0.1) is 17.8 Å². The molecule has 0 unspecified atom stereocenters. The summed E-state index contributed by atoms with van der Waals surface area (Å²) in [6, 6.07) is 0.508. The molecule has 2 nitrogen and oxygen atoms in total. The topological polar surface area (TPSA) is 29.1 Å². The fourth-order valence-electron chi connectivity index (χ4n) is 2.77. The van der Waals surface area contributed by atoms with Crippen molar-refractivity contribution in [2.75, 3.05) is 0 Å². The van der Waals surface area contributed by atoms with Crippen molar-refractivity contribution in [1.82, 2.24) is 5.32 Å². The molecule has 0 radical (unpaired) electrons. The number of fused-ring (bicyclic) bond motifs is 2. The van der Waals surface area contributed by atoms with Gasteiger partial charge in [0, 0.05) is 12.0 Å². The standard InChI is InChI=1S/C11H19NO/c1-7(2)11(13)12-10-6-8-3-4-9(10)5-8/h7-10H,3-6H2,1-2H3,(H,12,13)/t8-,9+,10+/m0/s1. The molecule has 2 aliphatic carbocycles. The molecule has 2 rings (SSSR count). The minimum atomic E-state index is 0.138. The predicted octanol–water partition coefficient (Wildman–Crippen LogP) is 1.95. The molecule has 0 aliphatic heterocycles. The normalized spacial score (nSPS) is 37.0. The summed E-state index contributed by atoms with van der Waals surface area (Å²) in [5.74, 6) is 2.09. The van der Waals surface area contributed by atoms with Crippen LogP contribution in [0.1, 0.15) is 39.5 Å². The number of nitrogens with one attached hydrogen (secondary N) is 1. The molecular formula is C11H19NO. The van der Waals surface area contributed by atoms with Crippen molar-refractivity contribution in [3.63, 3.8) is 0 Å². The maximum absolute atomic E-state index is 11.5. The van der Waals surface area contributed by atoms with Gasteiger partial charge in [0.05, 0.1) is 0 Å². The zero-order valence-corrected chi connectivity index (χ0v) is 8.55. The smallest absolute Gasteiger partial charge is 0.222 e. The Kier molecular flexibility index (Phi) is 2.31. The molecule has 2 saturated carbocycles. The third kappa shape index (κ3) is 1.72. The molecule has 13 heavy (non-hydrogen) atoms. The molecule has 0 aromatic heterocycles. The van der Waals surface area contributed by atoms with E-state index in [4.69, 9.17) is 0 Å². The van der Waals surface area contributed by atoms with Crippen LogP contribution >= 0.6 is 0 Å². The van der Waals surface area contributed by atoms with Gasteiger partial charge in [0.1, 0.15) is 0 Å². The van der Waals surface area contributed by atoms with Crippen molar-refractivity contribution < 1.29 is 4.79 Å². The van der Waals surface area contributed by atoms with Crippen LogP contribution in [0.5, 0.6) is 0 Å². The first-order valence-corrected chi connectivity index (χ1v) is 5.47. The average Bonchev–Trinajstić information content (AvgIpc) is 2.64. The van der Waals surface area contributed by atoms with E-state index in [0.29, 0.717) is 6.04 Å². The highest BCUT2D eigenvalue weighted by atomic mass is 16.1. The Bertz CT molecular complexity index is 212. The third-order valence-corrected chi connectivity index (χ3v) is 3.59. The first kappa shape index (κ1) is 9.04. The molecule has 0 saturated heterocycles. The first-order chi connectivity index (χ1) is 6.16. The van der Waals surface area contributed by atoms with Crippen LogP contribution in [0.3, 0.4) is 0 Å². The monoisotopic (exact) mass is 181 g/mol. The maximum atomic E-state index is 11.5. The highest BCUT2D eigenvalue weighted by molar-refractivity contribution is 5.78. The van der Waals surface area contributed by atoms with Gasteiger partial charge in [-0.05, 0) is 31.1 Å². The van der Waals surface area contributed by atoms with Crippen LogP contribution < -0.4 is 5.32 Å². The van der Waals surface area contributed by atoms with Crippen LogP contribution in [0.4, 0.5) is 0 Å². The number of rotatable bonds is 2. The quantitative estimate of drug-likeness (QED) is 0.693. The number of carbonyl (C=O) groups excluding carboxylic acids is 1. The Morgan fingerprint density at radius 3 is 2.54 bits per heavy atom. The lowest BCUT2D eigenvalue weighted by Crippen LogP contribution is -2.40. The zero-order valence-electron chi connectivity index (χ0n) is 8.55. The lowest BCUT2D eigenvalue weighted by molar-refractivity contribution is -0.125. The van der Waals surface area contributed by atoms with E-state index in [-0.39, 0.29) is 11.8 Å². The summed E-state index contributed by atoms with van der Waals surface area (Å²) in [7, 11) is 0. The van der Waals surface area contributed by atoms with E-state index in [0.717, 1.165) is 11.8 Å². The minimum Gasteiger partial charge on any atom is -0.353 e. The van der Waals surface area contributed by atoms with Crippen molar-refractivity contribution in [1.29, 1.82) is 0 Å². The molecule has 74 valence electrons. The van der Waals surface area contributed by atoms with Gasteiger partial charge in [0.2, 0.25) is 5.91 Å². The molecular weight excluding hydrogens is 162 g/mol. The maximum Gasteiger partial charge on any atom is 0.222 e. The molecule has 0 heterocycles. The summed E-state index contributed by atoms with van der Waals surface area (Å²) in [5.41, 5.74) is 0. The Morgan fingerprint density at radius 1 is 1.31 bits per heavy atom. The van der Waals surface area contributed by atoms with Crippen molar-refractivity contribution in [3.8, 4) is 0 Å². The second kappa shape index (κ2) is 3.32. The van der Waals surface area contributed by atoms with E-state index in [1.165, 1.54) is 25.7 Å². The van der Waals surface area contributed by atoms with Crippen LogP contribution in [0.15, 0.2) is 0 Å². The van der Waals surface area contributed by atoms with E-state index < -0.39 is 0 Å². The average molecular weight is 181 g/mol. The number of hydrogen-bond acceptors (Lipinski definition) is 1. The Hall–Kier alpha value is -0.530. The summed E-state index contributed by atoms with van der Waals surface area (Å²) >= 11 is 0. The SMILES string of the molecule is CC(C)C(=O)N[C@@H]1C[C@H]2CC[C@@H]1C2. The van der Waals surface area contributed by atoms with Gasteiger partial charge in [0.15, 0.2) is 0 Å². The Balaban J connectivity index is 1.86. The van der Waals surface area contributed by atoms with Gasteiger partial charge in [-0.1, -0.05) is 20.3 Å². The molecule has 1 N–H and O–H groups in total. The second-order valence-electron chi connectivity index (χ2n) is 4.94. The van der Waals surface area contributed by atoms with Gasteiger partial charge in [-0.3, -0.25) is 4.79 Å². The van der Waals surface area contributed by atoms with Crippen LogP contribution in [0.2, 0.25) is 0 Å². The van der Waals surface area contributed by atoms with Gasteiger partial charge < -0.3 is 5.32 Å². The highest BCUT2D eigenvalue weighted by Crippen LogP contribution is 2.44. The summed E-state index contributed by atoms with van der Waals surface area (Å²) in [4.78, 5) is 11.5. The molecule has 0 aromatic carbocycles. The molecule has 2 bridgehead atoms. The largest absolute Gasteiger partial charge is 0.353 e. The minimum absolute atomic E-state index is 0.138. The van der Waals surface area contributed by atoms with E-state index in [1.54, 1.807) is 0 Å². The molecule has 2 aliphatic rings. The van der Waals surface area contributed by atoms with Crippen LogP contribution in [-0.2, 0) is 4.79 Å². The fourth-order valence-corrected chi connectivity index (χ4v) is 2.77. The van der Waals surface area contributed by atoms with Gasteiger partial charge in [-0.2, -0.15) is 0 Å². The zero-order chi connectivity index (χ0) is 9.42. The number of amides is 1. The van der Waals surface area contributed by atoms with Gasteiger partial charge >= 0.3 is 0 Å². The Morgan fingerprint density at radius 2 is 2.08 bits per heavy atom. The highest BCUT2D eigenvalue weighted by Gasteiger charge is 2.40. The van der Waals surface area contributed by atoms with Gasteiger partial charge in [-0.25, -0.2) is 0 Å². The fraction of sp³-hybridized carbons (Fsp3) is 0.909.